The molecule has 2 aromatic heterocycles. The normalized spacial score (nSPS) is 21.5. The van der Waals surface area contributed by atoms with Crippen molar-refractivity contribution in [2.45, 2.75) is 37.7 Å². The molecule has 2 aliphatic heterocycles. The number of likely N-dealkylation sites (tertiary alicyclic amines) is 1. The molecular weight excluding hydrogens is 354 g/mol. The van der Waals surface area contributed by atoms with Crippen LogP contribution in [0.5, 0.6) is 0 Å². The number of thioether (sulfide) groups is 1. The Hall–Kier alpha value is -1.44. The third-order valence-corrected chi connectivity index (χ3v) is 7.07. The average Bonchev–Trinajstić information content (AvgIpc) is 3.17. The molecule has 2 aromatic rings. The molecule has 132 valence electrons. The molecule has 7 heteroatoms. The Morgan fingerprint density at radius 2 is 2.24 bits per heavy atom. The van der Waals surface area contributed by atoms with E-state index in [1.807, 2.05) is 36.6 Å². The Morgan fingerprint density at radius 1 is 1.40 bits per heavy atom. The molecule has 0 aliphatic carbocycles. The minimum absolute atomic E-state index is 0.0877. The highest BCUT2D eigenvalue weighted by molar-refractivity contribution is 8.01. The van der Waals surface area contributed by atoms with Crippen LogP contribution in [0.1, 0.15) is 33.0 Å². The summed E-state index contributed by atoms with van der Waals surface area (Å²) in [5, 5.41) is 3.14. The van der Waals surface area contributed by atoms with Gasteiger partial charge in [-0.3, -0.25) is 9.78 Å². The molecule has 1 unspecified atom stereocenters. The van der Waals surface area contributed by atoms with Gasteiger partial charge in [-0.2, -0.15) is 0 Å². The summed E-state index contributed by atoms with van der Waals surface area (Å²) in [7, 11) is 0. The van der Waals surface area contributed by atoms with Crippen molar-refractivity contribution in [3.8, 4) is 0 Å². The molecule has 0 saturated carbocycles. The van der Waals surface area contributed by atoms with E-state index in [1.165, 1.54) is 0 Å². The van der Waals surface area contributed by atoms with Crippen molar-refractivity contribution in [1.29, 1.82) is 0 Å². The van der Waals surface area contributed by atoms with Crippen LogP contribution in [0.3, 0.4) is 0 Å². The number of nitrogens with zero attached hydrogens (tertiary/aromatic N) is 3. The van der Waals surface area contributed by atoms with Gasteiger partial charge in [-0.25, -0.2) is 4.98 Å². The van der Waals surface area contributed by atoms with Gasteiger partial charge in [-0.1, -0.05) is 0 Å². The van der Waals surface area contributed by atoms with Gasteiger partial charge in [-0.15, -0.1) is 23.1 Å². The molecule has 25 heavy (non-hydrogen) atoms. The van der Waals surface area contributed by atoms with Gasteiger partial charge in [0.1, 0.15) is 0 Å². The molecule has 0 N–H and O–H groups in total. The number of amides is 1. The molecule has 0 aromatic carbocycles. The fraction of sp³-hybridized carbons (Fsp3) is 0.500. The zero-order valence-corrected chi connectivity index (χ0v) is 16.0. The van der Waals surface area contributed by atoms with E-state index in [2.05, 4.69) is 15.3 Å². The maximum Gasteiger partial charge on any atom is 0.255 e. The first kappa shape index (κ1) is 17.0. The van der Waals surface area contributed by atoms with Gasteiger partial charge < -0.3 is 9.64 Å². The number of pyridine rings is 1. The number of thiazole rings is 1. The highest BCUT2D eigenvalue weighted by atomic mass is 32.2. The number of aryl methyl sites for hydroxylation is 2. The summed E-state index contributed by atoms with van der Waals surface area (Å²) in [5.74, 6) is 1.08. The summed E-state index contributed by atoms with van der Waals surface area (Å²) in [6, 6.07) is 1.91. The summed E-state index contributed by atoms with van der Waals surface area (Å²) >= 11 is 3.61. The predicted octanol–water partition coefficient (Wildman–Crippen LogP) is 3.07. The van der Waals surface area contributed by atoms with Crippen LogP contribution < -0.4 is 0 Å². The fourth-order valence-corrected chi connectivity index (χ4v) is 5.60. The molecule has 2 saturated heterocycles. The number of ether oxygens (including phenoxy) is 1. The van der Waals surface area contributed by atoms with E-state index < -0.39 is 0 Å². The molecular formula is C18H21N3O2S2. The number of hydrogen-bond donors (Lipinski definition) is 0. The SMILES string of the molecule is Cc1cncc(C(=O)N2CC3(CC(OCc4csc(C)n4)CS3)C2)c1. The lowest BCUT2D eigenvalue weighted by atomic mass is 9.92. The quantitative estimate of drug-likeness (QED) is 0.822. The molecule has 1 atom stereocenters. The molecule has 5 nitrogen and oxygen atoms in total. The maximum absolute atomic E-state index is 12.6. The van der Waals surface area contributed by atoms with Crippen molar-refractivity contribution < 1.29 is 9.53 Å². The van der Waals surface area contributed by atoms with Crippen molar-refractivity contribution in [2.24, 2.45) is 0 Å². The van der Waals surface area contributed by atoms with E-state index in [4.69, 9.17) is 4.74 Å². The van der Waals surface area contributed by atoms with E-state index in [9.17, 15) is 4.79 Å². The third kappa shape index (κ3) is 3.59. The van der Waals surface area contributed by atoms with Crippen molar-refractivity contribution in [3.05, 3.63) is 45.7 Å². The predicted molar refractivity (Wildman–Crippen MR) is 100 cm³/mol. The standard InChI is InChI=1S/C18H21N3O2S2/c1-12-3-14(6-19-5-12)17(22)21-10-18(11-21)4-16(9-25-18)23-7-15-8-24-13(2)20-15/h3,5-6,8,16H,4,7,9-11H2,1-2H3. The molecule has 0 radical (unpaired) electrons. The number of carbonyl (C=O) groups is 1. The zero-order valence-electron chi connectivity index (χ0n) is 14.4. The van der Waals surface area contributed by atoms with E-state index in [1.54, 1.807) is 23.7 Å². The average molecular weight is 376 g/mol. The fourth-order valence-electron chi connectivity index (χ4n) is 3.46. The lowest BCUT2D eigenvalue weighted by Gasteiger charge is -2.47. The zero-order chi connectivity index (χ0) is 17.4. The van der Waals surface area contributed by atoms with Gasteiger partial charge in [0, 0.05) is 36.6 Å². The van der Waals surface area contributed by atoms with Crippen LogP contribution in [0.25, 0.3) is 0 Å². The van der Waals surface area contributed by atoms with Crippen LogP contribution in [0.4, 0.5) is 0 Å². The minimum atomic E-state index is 0.0877. The van der Waals surface area contributed by atoms with Gasteiger partial charge >= 0.3 is 0 Å². The van der Waals surface area contributed by atoms with Gasteiger partial charge in [0.25, 0.3) is 5.91 Å². The van der Waals surface area contributed by atoms with Crippen molar-refractivity contribution >= 4 is 29.0 Å². The van der Waals surface area contributed by atoms with Crippen LogP contribution in [0.2, 0.25) is 0 Å². The number of hydrogen-bond acceptors (Lipinski definition) is 6. The summed E-state index contributed by atoms with van der Waals surface area (Å²) in [4.78, 5) is 23.0. The second-order valence-corrected chi connectivity index (χ2v) is 9.45. The Kier molecular flexibility index (Phi) is 4.56. The van der Waals surface area contributed by atoms with Gasteiger partial charge in [0.15, 0.2) is 0 Å². The van der Waals surface area contributed by atoms with Crippen LogP contribution in [0.15, 0.2) is 23.8 Å². The second-order valence-electron chi connectivity index (χ2n) is 6.90. The molecule has 4 rings (SSSR count). The summed E-state index contributed by atoms with van der Waals surface area (Å²) in [5.41, 5.74) is 2.72. The summed E-state index contributed by atoms with van der Waals surface area (Å²) < 4.78 is 6.22. The third-order valence-electron chi connectivity index (χ3n) is 4.68. The topological polar surface area (TPSA) is 55.3 Å². The van der Waals surface area contributed by atoms with Gasteiger partial charge in [0.2, 0.25) is 0 Å². The largest absolute Gasteiger partial charge is 0.371 e. The van der Waals surface area contributed by atoms with Crippen LogP contribution >= 0.6 is 23.1 Å². The smallest absolute Gasteiger partial charge is 0.255 e. The summed E-state index contributed by atoms with van der Waals surface area (Å²) in [6.07, 6.45) is 4.69. The molecule has 1 spiro atoms. The molecule has 1 amide bonds. The van der Waals surface area contributed by atoms with Crippen molar-refractivity contribution in [1.82, 2.24) is 14.9 Å². The van der Waals surface area contributed by atoms with E-state index in [0.717, 1.165) is 41.5 Å². The maximum atomic E-state index is 12.6. The lowest BCUT2D eigenvalue weighted by Crippen LogP contribution is -2.60. The van der Waals surface area contributed by atoms with Crippen LogP contribution in [0, 0.1) is 13.8 Å². The number of rotatable bonds is 4. The highest BCUT2D eigenvalue weighted by Gasteiger charge is 2.51. The molecule has 0 bridgehead atoms. The molecule has 4 heterocycles. The monoisotopic (exact) mass is 375 g/mol. The number of aromatic nitrogens is 2. The van der Waals surface area contributed by atoms with E-state index >= 15 is 0 Å². The Labute approximate surface area is 155 Å². The van der Waals surface area contributed by atoms with Crippen LogP contribution in [-0.4, -0.2) is 50.5 Å². The second kappa shape index (κ2) is 6.70. The number of carbonyl (C=O) groups excluding carboxylic acids is 1. The van der Waals surface area contributed by atoms with Crippen LogP contribution in [-0.2, 0) is 11.3 Å². The Bertz CT molecular complexity index is 786. The van der Waals surface area contributed by atoms with E-state index in [-0.39, 0.29) is 16.8 Å². The summed E-state index contributed by atoms with van der Waals surface area (Å²) in [6.45, 7) is 6.17. The van der Waals surface area contributed by atoms with Crippen molar-refractivity contribution in [2.75, 3.05) is 18.8 Å². The highest BCUT2D eigenvalue weighted by Crippen LogP contribution is 2.46. The first-order chi connectivity index (χ1) is 12.0. The van der Waals surface area contributed by atoms with Crippen molar-refractivity contribution in [3.63, 3.8) is 0 Å². The molecule has 2 fully saturated rings. The minimum Gasteiger partial charge on any atom is -0.371 e. The van der Waals surface area contributed by atoms with E-state index in [0.29, 0.717) is 12.2 Å². The Balaban J connectivity index is 1.29. The first-order valence-corrected chi connectivity index (χ1v) is 10.3. The molecule has 2 aliphatic rings. The first-order valence-electron chi connectivity index (χ1n) is 8.40. The van der Waals surface area contributed by atoms with Gasteiger partial charge in [0.05, 0.1) is 33.7 Å². The Morgan fingerprint density at radius 3 is 2.96 bits per heavy atom. The lowest BCUT2D eigenvalue weighted by molar-refractivity contribution is 0.0246. The van der Waals surface area contributed by atoms with Gasteiger partial charge in [-0.05, 0) is 31.9 Å².